The predicted octanol–water partition coefficient (Wildman–Crippen LogP) is 3.45. The number of hydrogen-bond donors (Lipinski definition) is 0. The van der Waals surface area contributed by atoms with E-state index < -0.39 is 0 Å². The molecule has 140 valence electrons. The number of nitrogens with zero attached hydrogens (tertiary/aromatic N) is 1. The van der Waals surface area contributed by atoms with Crippen LogP contribution in [0.5, 0.6) is 5.75 Å². The molecule has 0 unspecified atom stereocenters. The zero-order valence-electron chi connectivity index (χ0n) is 14.5. The van der Waals surface area contributed by atoms with Gasteiger partial charge in [-0.15, -0.1) is 0 Å². The Bertz CT molecular complexity index is 832. The van der Waals surface area contributed by atoms with Crippen molar-refractivity contribution in [3.63, 3.8) is 0 Å². The number of halogens is 1. The van der Waals surface area contributed by atoms with Crippen LogP contribution in [0.25, 0.3) is 0 Å². The maximum Gasteiger partial charge on any atom is 0.305 e. The summed E-state index contributed by atoms with van der Waals surface area (Å²) in [5, 5.41) is 0. The van der Waals surface area contributed by atoms with Crippen LogP contribution in [0, 0.1) is 0 Å². The molecule has 1 aliphatic heterocycles. The normalized spacial score (nSPS) is 12.9. The first-order valence-corrected chi connectivity index (χ1v) is 9.35. The molecule has 0 spiro atoms. The number of imide groups is 1. The molecule has 6 nitrogen and oxygen atoms in total. The van der Waals surface area contributed by atoms with Gasteiger partial charge in [-0.1, -0.05) is 34.1 Å². The fraction of sp³-hybridized carbons (Fsp3) is 0.250. The van der Waals surface area contributed by atoms with Crippen molar-refractivity contribution in [2.45, 2.75) is 12.8 Å². The van der Waals surface area contributed by atoms with Gasteiger partial charge in [0.15, 0.2) is 0 Å². The van der Waals surface area contributed by atoms with Gasteiger partial charge in [-0.05, 0) is 36.8 Å². The Morgan fingerprint density at radius 2 is 1.67 bits per heavy atom. The van der Waals surface area contributed by atoms with Crippen LogP contribution in [0.15, 0.2) is 53.0 Å². The Kier molecular flexibility index (Phi) is 6.24. The number of benzene rings is 2. The summed E-state index contributed by atoms with van der Waals surface area (Å²) in [5.41, 5.74) is 0.775. The van der Waals surface area contributed by atoms with E-state index in [9.17, 15) is 14.4 Å². The molecule has 0 saturated heterocycles. The minimum atomic E-state index is -0.385. The van der Waals surface area contributed by atoms with Crippen molar-refractivity contribution in [1.82, 2.24) is 4.90 Å². The number of carbonyl (C=O) groups excluding carboxylic acids is 3. The van der Waals surface area contributed by atoms with Crippen LogP contribution in [0.2, 0.25) is 0 Å². The van der Waals surface area contributed by atoms with Crippen molar-refractivity contribution in [2.24, 2.45) is 0 Å². The Labute approximate surface area is 165 Å². The average molecular weight is 432 g/mol. The van der Waals surface area contributed by atoms with E-state index >= 15 is 0 Å². The largest absolute Gasteiger partial charge is 0.494 e. The van der Waals surface area contributed by atoms with Gasteiger partial charge in [0, 0.05) is 10.9 Å². The summed E-state index contributed by atoms with van der Waals surface area (Å²) in [6.45, 7) is 0.424. The van der Waals surface area contributed by atoms with Crippen LogP contribution in [0.4, 0.5) is 0 Å². The third-order valence-corrected chi connectivity index (χ3v) is 4.54. The maximum absolute atomic E-state index is 12.2. The highest BCUT2D eigenvalue weighted by molar-refractivity contribution is 9.10. The van der Waals surface area contributed by atoms with E-state index in [4.69, 9.17) is 9.47 Å². The maximum atomic E-state index is 12.2. The summed E-state index contributed by atoms with van der Waals surface area (Å²) in [5.74, 6) is -0.365. The highest BCUT2D eigenvalue weighted by atomic mass is 79.9. The van der Waals surface area contributed by atoms with Gasteiger partial charge in [-0.25, -0.2) is 0 Å². The molecule has 0 aliphatic carbocycles. The van der Waals surface area contributed by atoms with Crippen molar-refractivity contribution in [2.75, 3.05) is 19.8 Å². The Balaban J connectivity index is 1.35. The lowest BCUT2D eigenvalue weighted by atomic mass is 10.1. The summed E-state index contributed by atoms with van der Waals surface area (Å²) < 4.78 is 11.6. The molecule has 27 heavy (non-hydrogen) atoms. The van der Waals surface area contributed by atoms with Crippen molar-refractivity contribution >= 4 is 33.7 Å². The first-order chi connectivity index (χ1) is 13.1. The van der Waals surface area contributed by atoms with Gasteiger partial charge in [0.05, 0.1) is 24.3 Å². The fourth-order valence-corrected chi connectivity index (χ4v) is 3.11. The quantitative estimate of drug-likeness (QED) is 0.363. The first kappa shape index (κ1) is 19.1. The average Bonchev–Trinajstić information content (AvgIpc) is 2.90. The van der Waals surface area contributed by atoms with E-state index in [0.29, 0.717) is 24.2 Å². The molecule has 1 aliphatic rings. The van der Waals surface area contributed by atoms with Gasteiger partial charge in [0.25, 0.3) is 11.8 Å². The number of rotatable bonds is 8. The summed E-state index contributed by atoms with van der Waals surface area (Å²) in [6.07, 6.45) is 0.717. The van der Waals surface area contributed by atoms with Gasteiger partial charge >= 0.3 is 5.97 Å². The molecule has 1 heterocycles. The van der Waals surface area contributed by atoms with E-state index in [1.165, 1.54) is 0 Å². The molecule has 0 bridgehead atoms. The molecule has 2 amide bonds. The molecule has 0 saturated carbocycles. The lowest BCUT2D eigenvalue weighted by molar-refractivity contribution is -0.144. The summed E-state index contributed by atoms with van der Waals surface area (Å²) >= 11 is 3.36. The summed E-state index contributed by atoms with van der Waals surface area (Å²) in [7, 11) is 0. The van der Waals surface area contributed by atoms with Crippen molar-refractivity contribution < 1.29 is 23.9 Å². The second-order valence-corrected chi connectivity index (χ2v) is 6.85. The molecule has 0 radical (unpaired) electrons. The van der Waals surface area contributed by atoms with Gasteiger partial charge in [0.1, 0.15) is 12.4 Å². The van der Waals surface area contributed by atoms with Crippen LogP contribution in [0.3, 0.4) is 0 Å². The molecular formula is C20H18BrNO5. The molecule has 7 heteroatoms. The Hall–Kier alpha value is -2.67. The van der Waals surface area contributed by atoms with E-state index in [1.54, 1.807) is 24.3 Å². The number of hydrogen-bond acceptors (Lipinski definition) is 5. The first-order valence-electron chi connectivity index (χ1n) is 8.55. The molecule has 0 aromatic heterocycles. The van der Waals surface area contributed by atoms with E-state index in [0.717, 1.165) is 15.1 Å². The Morgan fingerprint density at radius 3 is 2.33 bits per heavy atom. The van der Waals surface area contributed by atoms with E-state index in [1.807, 2.05) is 24.3 Å². The molecule has 0 fully saturated rings. The van der Waals surface area contributed by atoms with Crippen molar-refractivity contribution in [3.05, 3.63) is 64.1 Å². The zero-order chi connectivity index (χ0) is 19.2. The van der Waals surface area contributed by atoms with Crippen molar-refractivity contribution in [3.8, 4) is 5.75 Å². The number of carbonyl (C=O) groups is 3. The predicted molar refractivity (Wildman–Crippen MR) is 102 cm³/mol. The fourth-order valence-electron chi connectivity index (χ4n) is 2.73. The van der Waals surface area contributed by atoms with Crippen LogP contribution in [-0.4, -0.2) is 42.4 Å². The van der Waals surface area contributed by atoms with Crippen LogP contribution >= 0.6 is 15.9 Å². The number of amides is 2. The summed E-state index contributed by atoms with van der Waals surface area (Å²) in [6, 6.07) is 14.1. The highest BCUT2D eigenvalue weighted by Gasteiger charge is 2.34. The van der Waals surface area contributed by atoms with Gasteiger partial charge < -0.3 is 9.47 Å². The summed E-state index contributed by atoms with van der Waals surface area (Å²) in [4.78, 5) is 37.3. The van der Waals surface area contributed by atoms with Gasteiger partial charge in [-0.2, -0.15) is 0 Å². The van der Waals surface area contributed by atoms with Crippen LogP contribution in [0.1, 0.15) is 33.6 Å². The number of esters is 1. The topological polar surface area (TPSA) is 72.9 Å². The van der Waals surface area contributed by atoms with Crippen LogP contribution < -0.4 is 4.74 Å². The molecular weight excluding hydrogens is 414 g/mol. The lowest BCUT2D eigenvalue weighted by Gasteiger charge is -2.13. The third kappa shape index (κ3) is 4.74. The molecule has 0 N–H and O–H groups in total. The molecule has 3 rings (SSSR count). The molecule has 0 atom stereocenters. The van der Waals surface area contributed by atoms with E-state index in [-0.39, 0.29) is 37.4 Å². The third-order valence-electron chi connectivity index (χ3n) is 4.05. The van der Waals surface area contributed by atoms with E-state index in [2.05, 4.69) is 15.9 Å². The lowest BCUT2D eigenvalue weighted by Crippen LogP contribution is -2.33. The second-order valence-electron chi connectivity index (χ2n) is 5.94. The number of fused-ring (bicyclic) bond motifs is 1. The minimum Gasteiger partial charge on any atom is -0.494 e. The molecule has 2 aromatic rings. The monoisotopic (exact) mass is 431 g/mol. The SMILES string of the molecule is O=C(CCCOc1cccc(Br)c1)OCCN1C(=O)c2ccccc2C1=O. The standard InChI is InChI=1S/C20H18BrNO5/c21-14-5-3-6-15(13-14)26-11-4-9-18(23)27-12-10-22-19(24)16-7-1-2-8-17(16)20(22)25/h1-3,5-8,13H,4,9-12H2. The smallest absolute Gasteiger partial charge is 0.305 e. The van der Waals surface area contributed by atoms with Crippen LogP contribution in [-0.2, 0) is 9.53 Å². The highest BCUT2D eigenvalue weighted by Crippen LogP contribution is 2.22. The van der Waals surface area contributed by atoms with Gasteiger partial charge in [-0.3, -0.25) is 19.3 Å². The second kappa shape index (κ2) is 8.81. The number of ether oxygens (including phenoxy) is 2. The minimum absolute atomic E-state index is 0.0171. The molecule has 2 aromatic carbocycles. The zero-order valence-corrected chi connectivity index (χ0v) is 16.1. The van der Waals surface area contributed by atoms with Gasteiger partial charge in [0.2, 0.25) is 0 Å². The van der Waals surface area contributed by atoms with Crippen molar-refractivity contribution in [1.29, 1.82) is 0 Å². The Morgan fingerprint density at radius 1 is 0.963 bits per heavy atom.